The third-order valence-electron chi connectivity index (χ3n) is 5.42. The molecule has 5 nitrogen and oxygen atoms in total. The van der Waals surface area contributed by atoms with E-state index in [1.165, 1.54) is 16.7 Å². The molecule has 1 atom stereocenters. The van der Waals surface area contributed by atoms with Gasteiger partial charge in [0, 0.05) is 17.8 Å². The summed E-state index contributed by atoms with van der Waals surface area (Å²) in [5.41, 5.74) is 6.89. The van der Waals surface area contributed by atoms with Gasteiger partial charge in [0.25, 0.3) is 0 Å². The predicted octanol–water partition coefficient (Wildman–Crippen LogP) is 5.65. The zero-order valence-corrected chi connectivity index (χ0v) is 17.3. The number of aryl methyl sites for hydroxylation is 3. The minimum absolute atomic E-state index is 0.103. The molecule has 5 heteroatoms. The van der Waals surface area contributed by atoms with Gasteiger partial charge >= 0.3 is 0 Å². The zero-order chi connectivity index (χ0) is 20.5. The summed E-state index contributed by atoms with van der Waals surface area (Å²) in [6.45, 7) is 8.31. The minimum atomic E-state index is 0.103. The van der Waals surface area contributed by atoms with Crippen LogP contribution in [-0.4, -0.2) is 15.8 Å². The molecule has 2 N–H and O–H groups in total. The summed E-state index contributed by atoms with van der Waals surface area (Å²) in [4.78, 5) is 22.1. The molecule has 1 aliphatic rings. The number of benzene rings is 2. The third-order valence-corrected chi connectivity index (χ3v) is 5.42. The van der Waals surface area contributed by atoms with Gasteiger partial charge in [0.1, 0.15) is 5.82 Å². The van der Waals surface area contributed by atoms with Crippen LogP contribution in [0.1, 0.15) is 46.1 Å². The minimum Gasteiger partial charge on any atom is -0.339 e. The molecule has 1 unspecified atom stereocenters. The largest absolute Gasteiger partial charge is 0.339 e. The van der Waals surface area contributed by atoms with Crippen molar-refractivity contribution in [3.8, 4) is 0 Å². The van der Waals surface area contributed by atoms with Gasteiger partial charge in [-0.2, -0.15) is 4.98 Å². The Labute approximate surface area is 171 Å². The van der Waals surface area contributed by atoms with Gasteiger partial charge in [-0.3, -0.25) is 4.79 Å². The van der Waals surface area contributed by atoms with Gasteiger partial charge in [-0.1, -0.05) is 30.7 Å². The number of hydrogen-bond acceptors (Lipinski definition) is 5. The number of rotatable bonds is 4. The van der Waals surface area contributed by atoms with Gasteiger partial charge in [-0.15, -0.1) is 0 Å². The number of nitrogens with zero attached hydrogens (tertiary/aromatic N) is 2. The predicted molar refractivity (Wildman–Crippen MR) is 118 cm³/mol. The molecule has 29 heavy (non-hydrogen) atoms. The molecule has 4 rings (SSSR count). The number of anilines is 4. The Bertz CT molecular complexity index is 1070. The molecular formula is C24H26N4O. The molecule has 1 heterocycles. The Morgan fingerprint density at radius 1 is 0.862 bits per heavy atom. The van der Waals surface area contributed by atoms with Crippen molar-refractivity contribution >= 4 is 28.9 Å². The number of fused-ring (bicyclic) bond motifs is 1. The number of ketones is 1. The lowest BCUT2D eigenvalue weighted by atomic mass is 9.87. The van der Waals surface area contributed by atoms with Crippen LogP contribution in [0.15, 0.2) is 42.5 Å². The SMILES string of the molecule is Cc1ccc(Nc2nc(Nc3ccc(C)c(C)c3)nc3c2C(=O)CC(C)C3)cc1. The van der Waals surface area contributed by atoms with Crippen molar-refractivity contribution in [2.45, 2.75) is 40.5 Å². The highest BCUT2D eigenvalue weighted by atomic mass is 16.1. The number of nitrogens with one attached hydrogen (secondary N) is 2. The van der Waals surface area contributed by atoms with E-state index in [9.17, 15) is 4.79 Å². The van der Waals surface area contributed by atoms with Crippen molar-refractivity contribution in [3.63, 3.8) is 0 Å². The zero-order valence-electron chi connectivity index (χ0n) is 17.3. The molecule has 0 spiro atoms. The van der Waals surface area contributed by atoms with Crippen molar-refractivity contribution in [1.82, 2.24) is 9.97 Å². The van der Waals surface area contributed by atoms with Gasteiger partial charge in [-0.25, -0.2) is 4.98 Å². The van der Waals surface area contributed by atoms with E-state index in [1.54, 1.807) is 0 Å². The number of Topliss-reactive ketones (excluding diaryl/α,β-unsaturated/α-hetero) is 1. The molecular weight excluding hydrogens is 360 g/mol. The van der Waals surface area contributed by atoms with Gasteiger partial charge in [-0.05, 0) is 68.5 Å². The molecule has 2 aromatic carbocycles. The summed E-state index contributed by atoms with van der Waals surface area (Å²) in [7, 11) is 0. The van der Waals surface area contributed by atoms with Crippen LogP contribution in [0.5, 0.6) is 0 Å². The van der Waals surface area contributed by atoms with E-state index in [2.05, 4.69) is 48.5 Å². The molecule has 0 bridgehead atoms. The van der Waals surface area contributed by atoms with E-state index in [4.69, 9.17) is 4.98 Å². The van der Waals surface area contributed by atoms with Crippen LogP contribution in [0, 0.1) is 26.7 Å². The van der Waals surface area contributed by atoms with E-state index in [-0.39, 0.29) is 11.7 Å². The lowest BCUT2D eigenvalue weighted by molar-refractivity contribution is 0.0953. The van der Waals surface area contributed by atoms with Crippen LogP contribution in [0.25, 0.3) is 0 Å². The Morgan fingerprint density at radius 3 is 2.31 bits per heavy atom. The molecule has 0 saturated heterocycles. The van der Waals surface area contributed by atoms with Crippen molar-refractivity contribution < 1.29 is 4.79 Å². The second-order valence-corrected chi connectivity index (χ2v) is 8.07. The molecule has 3 aromatic rings. The van der Waals surface area contributed by atoms with Crippen molar-refractivity contribution in [3.05, 3.63) is 70.4 Å². The van der Waals surface area contributed by atoms with E-state index < -0.39 is 0 Å². The fraction of sp³-hybridized carbons (Fsp3) is 0.292. The standard InChI is InChI=1S/C24H26N4O/c1-14-5-8-18(9-6-14)25-23-22-20(11-15(2)12-21(22)29)27-24(28-23)26-19-10-7-16(3)17(4)13-19/h5-10,13,15H,11-12H2,1-4H3,(H2,25,26,27,28). The fourth-order valence-electron chi connectivity index (χ4n) is 3.64. The maximum atomic E-state index is 12.8. The molecule has 0 radical (unpaired) electrons. The second kappa shape index (κ2) is 7.66. The Kier molecular flexibility index (Phi) is 5.05. The number of carbonyl (C=O) groups excluding carboxylic acids is 1. The van der Waals surface area contributed by atoms with Gasteiger partial charge in [0.15, 0.2) is 5.78 Å². The molecule has 0 saturated carbocycles. The van der Waals surface area contributed by atoms with Crippen molar-refractivity contribution in [2.75, 3.05) is 10.6 Å². The first-order chi connectivity index (χ1) is 13.9. The van der Waals surface area contributed by atoms with Crippen LogP contribution >= 0.6 is 0 Å². The van der Waals surface area contributed by atoms with E-state index in [0.717, 1.165) is 23.5 Å². The second-order valence-electron chi connectivity index (χ2n) is 8.07. The summed E-state index contributed by atoms with van der Waals surface area (Å²) in [6.07, 6.45) is 1.30. The Morgan fingerprint density at radius 2 is 1.59 bits per heavy atom. The molecule has 0 aliphatic heterocycles. The molecule has 0 amide bonds. The average Bonchev–Trinajstić information content (AvgIpc) is 2.66. The van der Waals surface area contributed by atoms with Gasteiger partial charge in [0.05, 0.1) is 11.3 Å². The van der Waals surface area contributed by atoms with Crippen LogP contribution in [0.2, 0.25) is 0 Å². The smallest absolute Gasteiger partial charge is 0.229 e. The third kappa shape index (κ3) is 4.14. The van der Waals surface area contributed by atoms with E-state index in [1.807, 2.05) is 37.3 Å². The van der Waals surface area contributed by atoms with E-state index in [0.29, 0.717) is 23.8 Å². The molecule has 1 aromatic heterocycles. The van der Waals surface area contributed by atoms with Crippen LogP contribution < -0.4 is 10.6 Å². The van der Waals surface area contributed by atoms with Crippen LogP contribution in [0.4, 0.5) is 23.1 Å². The van der Waals surface area contributed by atoms with Crippen molar-refractivity contribution in [1.29, 1.82) is 0 Å². The molecule has 148 valence electrons. The summed E-state index contributed by atoms with van der Waals surface area (Å²) < 4.78 is 0. The summed E-state index contributed by atoms with van der Waals surface area (Å²) in [5, 5.41) is 6.65. The first-order valence-electron chi connectivity index (χ1n) is 10.0. The Balaban J connectivity index is 1.74. The number of carbonyl (C=O) groups is 1. The average molecular weight is 386 g/mol. The quantitative estimate of drug-likeness (QED) is 0.606. The maximum absolute atomic E-state index is 12.8. The highest BCUT2D eigenvalue weighted by molar-refractivity contribution is 6.03. The highest BCUT2D eigenvalue weighted by Gasteiger charge is 2.28. The van der Waals surface area contributed by atoms with Crippen LogP contribution in [-0.2, 0) is 6.42 Å². The topological polar surface area (TPSA) is 66.9 Å². The lowest BCUT2D eigenvalue weighted by Crippen LogP contribution is -2.22. The number of hydrogen-bond donors (Lipinski definition) is 2. The first-order valence-corrected chi connectivity index (χ1v) is 10.0. The lowest BCUT2D eigenvalue weighted by Gasteiger charge is -2.23. The summed E-state index contributed by atoms with van der Waals surface area (Å²) >= 11 is 0. The maximum Gasteiger partial charge on any atom is 0.229 e. The molecule has 1 aliphatic carbocycles. The van der Waals surface area contributed by atoms with Crippen molar-refractivity contribution in [2.24, 2.45) is 5.92 Å². The van der Waals surface area contributed by atoms with Crippen LogP contribution in [0.3, 0.4) is 0 Å². The Hall–Kier alpha value is -3.21. The normalized spacial score (nSPS) is 15.7. The first kappa shape index (κ1) is 19.1. The monoisotopic (exact) mass is 386 g/mol. The summed E-state index contributed by atoms with van der Waals surface area (Å²) in [5.74, 6) is 1.46. The summed E-state index contributed by atoms with van der Waals surface area (Å²) in [6, 6.07) is 14.2. The number of aromatic nitrogens is 2. The fourth-order valence-corrected chi connectivity index (χ4v) is 3.64. The molecule has 0 fully saturated rings. The highest BCUT2D eigenvalue weighted by Crippen LogP contribution is 2.32. The van der Waals surface area contributed by atoms with Gasteiger partial charge < -0.3 is 10.6 Å². The van der Waals surface area contributed by atoms with Gasteiger partial charge in [0.2, 0.25) is 5.95 Å². The van der Waals surface area contributed by atoms with E-state index >= 15 is 0 Å².